The monoisotopic (exact) mass is 568 g/mol. The Kier molecular flexibility index (Phi) is 7.82. The second-order valence-electron chi connectivity index (χ2n) is 12.5. The summed E-state index contributed by atoms with van der Waals surface area (Å²) in [4.78, 5) is 15.7. The van der Waals surface area contributed by atoms with Crippen molar-refractivity contribution in [2.75, 3.05) is 24.6 Å². The Morgan fingerprint density at radius 3 is 2.79 bits per heavy atom. The summed E-state index contributed by atoms with van der Waals surface area (Å²) in [6, 6.07) is 12.3. The van der Waals surface area contributed by atoms with Gasteiger partial charge in [0, 0.05) is 34.3 Å². The molecule has 1 fully saturated rings. The van der Waals surface area contributed by atoms with Gasteiger partial charge in [0.1, 0.15) is 5.75 Å². The maximum absolute atomic E-state index is 13.3. The standard InChI is InChI=1S/C32H41ClN2O3S/c1-20-5-3-7-29(36)26-11-8-24(26)17-35-18-32(14-4-6-22-15-25(33)10-12-27(22)32)19-38-30-13-9-23(16-28(30)35)31(37)34-39-21(20)2/h9-10,12-13,15-16,20-21,24,26,29,36H,3-8,11,14,17-19H2,1-2H3,(H,34,37)/t20-,21-,24+,26-,29+,32+/m1/s1. The predicted octanol–water partition coefficient (Wildman–Crippen LogP) is 6.79. The number of halogens is 1. The van der Waals surface area contributed by atoms with Crippen LogP contribution in [0.1, 0.15) is 80.3 Å². The summed E-state index contributed by atoms with van der Waals surface area (Å²) in [5.41, 5.74) is 4.20. The molecule has 4 aliphatic rings. The van der Waals surface area contributed by atoms with Gasteiger partial charge in [-0.15, -0.1) is 0 Å². The summed E-state index contributed by atoms with van der Waals surface area (Å²) in [6.45, 7) is 6.74. The molecule has 39 heavy (non-hydrogen) atoms. The van der Waals surface area contributed by atoms with Gasteiger partial charge in [-0.1, -0.05) is 37.9 Å². The fourth-order valence-corrected chi connectivity index (χ4v) is 8.26. The first-order valence-corrected chi connectivity index (χ1v) is 16.0. The van der Waals surface area contributed by atoms with Crippen LogP contribution in [0.4, 0.5) is 5.69 Å². The van der Waals surface area contributed by atoms with Gasteiger partial charge in [0.25, 0.3) is 5.91 Å². The van der Waals surface area contributed by atoms with E-state index in [1.54, 1.807) is 0 Å². The Balaban J connectivity index is 1.38. The van der Waals surface area contributed by atoms with Crippen LogP contribution in [0, 0.1) is 17.8 Å². The van der Waals surface area contributed by atoms with Gasteiger partial charge < -0.3 is 14.7 Å². The Bertz CT molecular complexity index is 1220. The molecule has 2 aromatic carbocycles. The summed E-state index contributed by atoms with van der Waals surface area (Å²) in [6.07, 6.45) is 8.14. The van der Waals surface area contributed by atoms with Crippen molar-refractivity contribution >= 4 is 35.1 Å². The van der Waals surface area contributed by atoms with E-state index in [4.69, 9.17) is 16.3 Å². The first-order chi connectivity index (χ1) is 18.8. The van der Waals surface area contributed by atoms with Crippen molar-refractivity contribution in [3.63, 3.8) is 0 Å². The number of aliphatic hydroxyl groups excluding tert-OH is 1. The molecule has 1 amide bonds. The summed E-state index contributed by atoms with van der Waals surface area (Å²) in [5, 5.41) is 12.3. The van der Waals surface area contributed by atoms with Crippen molar-refractivity contribution < 1.29 is 14.6 Å². The van der Waals surface area contributed by atoms with Gasteiger partial charge in [-0.3, -0.25) is 9.52 Å². The number of hydrogen-bond donors (Lipinski definition) is 2. The number of aliphatic hydroxyl groups is 1. The van der Waals surface area contributed by atoms with E-state index in [0.717, 1.165) is 80.9 Å². The van der Waals surface area contributed by atoms with Crippen LogP contribution in [0.2, 0.25) is 5.02 Å². The van der Waals surface area contributed by atoms with E-state index in [2.05, 4.69) is 35.6 Å². The molecule has 6 rings (SSSR count). The summed E-state index contributed by atoms with van der Waals surface area (Å²) >= 11 is 7.92. The van der Waals surface area contributed by atoms with Crippen LogP contribution in [-0.4, -0.2) is 42.1 Å². The van der Waals surface area contributed by atoms with Crippen LogP contribution in [0.25, 0.3) is 0 Å². The van der Waals surface area contributed by atoms with E-state index in [9.17, 15) is 9.90 Å². The number of nitrogens with zero attached hydrogens (tertiary/aromatic N) is 1. The number of amides is 1. The largest absolute Gasteiger partial charge is 0.490 e. The van der Waals surface area contributed by atoms with E-state index in [-0.39, 0.29) is 17.4 Å². The first kappa shape index (κ1) is 27.3. The lowest BCUT2D eigenvalue weighted by atomic mass is 9.68. The van der Waals surface area contributed by atoms with Crippen LogP contribution in [0.15, 0.2) is 36.4 Å². The second kappa shape index (κ2) is 11.2. The third kappa shape index (κ3) is 5.41. The molecular weight excluding hydrogens is 528 g/mol. The molecule has 2 aliphatic heterocycles. The fraction of sp³-hybridized carbons (Fsp3) is 0.594. The molecule has 0 radical (unpaired) electrons. The third-order valence-electron chi connectivity index (χ3n) is 10.0. The van der Waals surface area contributed by atoms with Crippen LogP contribution >= 0.6 is 23.5 Å². The normalized spacial score (nSPS) is 33.2. The second-order valence-corrected chi connectivity index (χ2v) is 14.1. The average molecular weight is 569 g/mol. The Morgan fingerprint density at radius 1 is 1.10 bits per heavy atom. The minimum atomic E-state index is -0.243. The molecule has 1 spiro atoms. The minimum Gasteiger partial charge on any atom is -0.490 e. The van der Waals surface area contributed by atoms with E-state index in [0.29, 0.717) is 35.2 Å². The molecule has 210 valence electrons. The molecule has 2 aromatic rings. The fourth-order valence-electron chi connectivity index (χ4n) is 7.29. The molecule has 5 nitrogen and oxygen atoms in total. The quantitative estimate of drug-likeness (QED) is 0.343. The average Bonchev–Trinajstić information content (AvgIpc) is 3.05. The van der Waals surface area contributed by atoms with Crippen molar-refractivity contribution in [1.29, 1.82) is 0 Å². The van der Waals surface area contributed by atoms with Gasteiger partial charge in [-0.2, -0.15) is 0 Å². The molecule has 0 saturated heterocycles. The number of aryl methyl sites for hydroxylation is 1. The van der Waals surface area contributed by atoms with Gasteiger partial charge in [-0.05, 0) is 116 Å². The molecule has 0 aromatic heterocycles. The molecule has 7 heteroatoms. The lowest BCUT2D eigenvalue weighted by molar-refractivity contribution is 0.00858. The SMILES string of the molecule is C[C@@H]1CCC[C@H](O)[C@@H]2CC[C@H]2CN2C[C@@]3(CCCc4cc(Cl)ccc43)COc3ccc(cc32)C(=O)NS[C@@H]1C. The molecule has 2 heterocycles. The van der Waals surface area contributed by atoms with E-state index < -0.39 is 0 Å². The van der Waals surface area contributed by atoms with Crippen LogP contribution in [0.3, 0.4) is 0 Å². The highest BCUT2D eigenvalue weighted by atomic mass is 35.5. The number of anilines is 1. The Morgan fingerprint density at radius 2 is 1.97 bits per heavy atom. The number of hydrogen-bond acceptors (Lipinski definition) is 5. The van der Waals surface area contributed by atoms with E-state index >= 15 is 0 Å². The summed E-state index contributed by atoms with van der Waals surface area (Å²) in [7, 11) is 0. The predicted molar refractivity (Wildman–Crippen MR) is 160 cm³/mol. The van der Waals surface area contributed by atoms with Gasteiger partial charge in [0.05, 0.1) is 18.4 Å². The number of ether oxygens (including phenoxy) is 1. The number of rotatable bonds is 0. The highest BCUT2D eigenvalue weighted by Gasteiger charge is 2.44. The summed E-state index contributed by atoms with van der Waals surface area (Å²) < 4.78 is 9.71. The van der Waals surface area contributed by atoms with Crippen molar-refractivity contribution in [2.45, 2.75) is 82.0 Å². The first-order valence-electron chi connectivity index (χ1n) is 14.8. The Labute approximate surface area is 242 Å². The molecule has 0 unspecified atom stereocenters. The Hall–Kier alpha value is -1.89. The van der Waals surface area contributed by atoms with Gasteiger partial charge in [0.2, 0.25) is 0 Å². The molecule has 6 atom stereocenters. The third-order valence-corrected chi connectivity index (χ3v) is 11.4. The van der Waals surface area contributed by atoms with Crippen LogP contribution in [0.5, 0.6) is 5.75 Å². The summed E-state index contributed by atoms with van der Waals surface area (Å²) in [5.74, 6) is 2.04. The van der Waals surface area contributed by atoms with E-state index in [1.165, 1.54) is 23.1 Å². The van der Waals surface area contributed by atoms with Crippen LogP contribution in [-0.2, 0) is 11.8 Å². The minimum absolute atomic E-state index is 0.0533. The van der Waals surface area contributed by atoms with Gasteiger partial charge in [-0.25, -0.2) is 0 Å². The number of benzene rings is 2. The zero-order valence-corrected chi connectivity index (χ0v) is 24.7. The number of carbonyl (C=O) groups is 1. The van der Waals surface area contributed by atoms with Crippen LogP contribution < -0.4 is 14.4 Å². The number of nitrogens with one attached hydrogen (secondary N) is 1. The topological polar surface area (TPSA) is 61.8 Å². The molecule has 1 saturated carbocycles. The van der Waals surface area contributed by atoms with Crippen molar-refractivity contribution in [2.24, 2.45) is 17.8 Å². The molecular formula is C32H41ClN2O3S. The zero-order valence-electron chi connectivity index (χ0n) is 23.1. The molecule has 2 bridgehead atoms. The van der Waals surface area contributed by atoms with Gasteiger partial charge >= 0.3 is 0 Å². The smallest absolute Gasteiger partial charge is 0.261 e. The van der Waals surface area contributed by atoms with Gasteiger partial charge in [0.15, 0.2) is 0 Å². The highest BCUT2D eigenvalue weighted by Crippen LogP contribution is 2.47. The highest BCUT2D eigenvalue weighted by molar-refractivity contribution is 7.98. The zero-order chi connectivity index (χ0) is 27.1. The maximum Gasteiger partial charge on any atom is 0.261 e. The van der Waals surface area contributed by atoms with Crippen molar-refractivity contribution in [3.8, 4) is 5.75 Å². The van der Waals surface area contributed by atoms with E-state index in [1.807, 2.05) is 24.3 Å². The molecule has 2 aliphatic carbocycles. The maximum atomic E-state index is 13.3. The van der Waals surface area contributed by atoms with Crippen molar-refractivity contribution in [3.05, 3.63) is 58.1 Å². The van der Waals surface area contributed by atoms with Crippen molar-refractivity contribution in [1.82, 2.24) is 4.72 Å². The lowest BCUT2D eigenvalue weighted by Gasteiger charge is -2.46. The molecule has 2 N–H and O–H groups in total. The lowest BCUT2D eigenvalue weighted by Crippen LogP contribution is -2.49. The number of fused-ring (bicyclic) bond motifs is 4. The number of carbonyl (C=O) groups excluding carboxylic acids is 1.